The third-order valence-corrected chi connectivity index (χ3v) is 6.75. The lowest BCUT2D eigenvalue weighted by atomic mass is 9.83. The first-order valence-corrected chi connectivity index (χ1v) is 11.9. The highest BCUT2D eigenvalue weighted by Crippen LogP contribution is 2.44. The third-order valence-electron chi connectivity index (χ3n) is 6.75. The van der Waals surface area contributed by atoms with E-state index >= 15 is 0 Å². The molecule has 2 heterocycles. The van der Waals surface area contributed by atoms with Crippen LogP contribution < -0.4 is 15.8 Å². The average Bonchev–Trinajstić information content (AvgIpc) is 3.55. The zero-order valence-corrected chi connectivity index (χ0v) is 19.5. The molecule has 0 bridgehead atoms. The Hall–Kier alpha value is -3.33. The Balaban J connectivity index is 1.28. The van der Waals surface area contributed by atoms with Crippen LogP contribution >= 0.6 is 0 Å². The quantitative estimate of drug-likeness (QED) is 0.579. The van der Waals surface area contributed by atoms with E-state index < -0.39 is 6.10 Å². The molecule has 1 saturated carbocycles. The van der Waals surface area contributed by atoms with Crippen LogP contribution in [0, 0.1) is 5.92 Å². The monoisotopic (exact) mass is 465 g/mol. The number of aliphatic hydroxyl groups is 1. The first-order valence-electron chi connectivity index (χ1n) is 11.9. The molecule has 2 amide bonds. The number of amides is 2. The lowest BCUT2D eigenvalue weighted by Gasteiger charge is -2.26. The number of β-amino-alcohol motifs (C(OH)–C–C–N with tert-alkyl or cyclic N) is 1. The van der Waals surface area contributed by atoms with Crippen LogP contribution in [0.3, 0.4) is 0 Å². The molecule has 4 N–H and O–H groups in total. The molecule has 2 aromatic rings. The standard InChI is InChI=1S/C25H31N5O4/c1-14(2)33-22-9-6-15(12-20(22)26)24-28-23(29-34-24)19-5-3-4-18-17(19)7-8-21(18)27-25(32)30-11-10-16(31)13-30/h3-6,9,12,14,16-17,19,21,31H,7-8,10-11,13,26H2,1-2H3,(H,27,32)/t16-,17?,19?,21-/m0/s1. The second-order valence-electron chi connectivity index (χ2n) is 9.53. The molecular weight excluding hydrogens is 434 g/mol. The number of carbonyl (C=O) groups is 1. The van der Waals surface area contributed by atoms with Gasteiger partial charge < -0.3 is 30.3 Å². The number of carbonyl (C=O) groups excluding carboxylic acids is 1. The molecule has 1 aromatic heterocycles. The molecule has 1 saturated heterocycles. The maximum absolute atomic E-state index is 12.6. The number of urea groups is 1. The summed E-state index contributed by atoms with van der Waals surface area (Å²) in [6.07, 6.45) is 8.21. The highest BCUT2D eigenvalue weighted by Gasteiger charge is 2.39. The number of aliphatic hydroxyl groups excluding tert-OH is 1. The van der Waals surface area contributed by atoms with E-state index in [-0.39, 0.29) is 30.0 Å². The number of hydrogen-bond donors (Lipinski definition) is 3. The van der Waals surface area contributed by atoms with Crippen LogP contribution in [0.1, 0.15) is 44.9 Å². The molecule has 2 aliphatic carbocycles. The highest BCUT2D eigenvalue weighted by molar-refractivity contribution is 5.75. The molecule has 1 aliphatic heterocycles. The van der Waals surface area contributed by atoms with Gasteiger partial charge in [0.1, 0.15) is 5.75 Å². The second kappa shape index (κ2) is 9.13. The molecule has 34 heavy (non-hydrogen) atoms. The van der Waals surface area contributed by atoms with Crippen LogP contribution in [-0.2, 0) is 0 Å². The Morgan fingerprint density at radius 3 is 2.91 bits per heavy atom. The van der Waals surface area contributed by atoms with Crippen LogP contribution in [0.15, 0.2) is 46.5 Å². The number of aromatic nitrogens is 2. The molecule has 1 aromatic carbocycles. The summed E-state index contributed by atoms with van der Waals surface area (Å²) in [5.41, 5.74) is 8.60. The largest absolute Gasteiger partial charge is 0.489 e. The van der Waals surface area contributed by atoms with E-state index in [2.05, 4.69) is 27.6 Å². The highest BCUT2D eigenvalue weighted by atomic mass is 16.5. The van der Waals surface area contributed by atoms with Crippen LogP contribution in [-0.4, -0.2) is 57.5 Å². The molecule has 2 unspecified atom stereocenters. The van der Waals surface area contributed by atoms with Gasteiger partial charge in [-0.05, 0) is 62.8 Å². The molecule has 0 spiro atoms. The van der Waals surface area contributed by atoms with Crippen molar-refractivity contribution in [2.75, 3.05) is 18.8 Å². The number of benzene rings is 1. The first-order chi connectivity index (χ1) is 16.4. The average molecular weight is 466 g/mol. The summed E-state index contributed by atoms with van der Waals surface area (Å²) in [4.78, 5) is 19.0. The minimum absolute atomic E-state index is 0.0195. The first kappa shape index (κ1) is 22.5. The van der Waals surface area contributed by atoms with Crippen molar-refractivity contribution in [3.63, 3.8) is 0 Å². The molecule has 9 heteroatoms. The minimum atomic E-state index is -0.426. The number of ether oxygens (including phenoxy) is 1. The Labute approximate surface area is 198 Å². The zero-order chi connectivity index (χ0) is 23.8. The van der Waals surface area contributed by atoms with Gasteiger partial charge in [0, 0.05) is 24.6 Å². The van der Waals surface area contributed by atoms with Crippen molar-refractivity contribution in [3.8, 4) is 17.2 Å². The summed E-state index contributed by atoms with van der Waals surface area (Å²) in [5, 5.41) is 17.2. The smallest absolute Gasteiger partial charge is 0.317 e. The normalized spacial score (nSPS) is 26.0. The van der Waals surface area contributed by atoms with Gasteiger partial charge in [0.05, 0.1) is 23.9 Å². The Kier molecular flexibility index (Phi) is 6.03. The van der Waals surface area contributed by atoms with Crippen molar-refractivity contribution < 1.29 is 19.2 Å². The van der Waals surface area contributed by atoms with Gasteiger partial charge in [0.25, 0.3) is 5.89 Å². The molecule has 4 atom stereocenters. The Morgan fingerprint density at radius 2 is 2.18 bits per heavy atom. The molecule has 9 nitrogen and oxygen atoms in total. The Morgan fingerprint density at radius 1 is 1.32 bits per heavy atom. The van der Waals surface area contributed by atoms with Crippen LogP contribution in [0.2, 0.25) is 0 Å². The van der Waals surface area contributed by atoms with Crippen molar-refractivity contribution in [1.82, 2.24) is 20.4 Å². The van der Waals surface area contributed by atoms with E-state index in [0.29, 0.717) is 42.7 Å². The summed E-state index contributed by atoms with van der Waals surface area (Å²) in [6, 6.07) is 5.33. The lowest BCUT2D eigenvalue weighted by Crippen LogP contribution is -2.44. The van der Waals surface area contributed by atoms with Crippen molar-refractivity contribution >= 4 is 11.7 Å². The zero-order valence-electron chi connectivity index (χ0n) is 19.5. The molecule has 5 rings (SSSR count). The number of hydrogen-bond acceptors (Lipinski definition) is 7. The van der Waals surface area contributed by atoms with E-state index in [4.69, 9.17) is 15.0 Å². The van der Waals surface area contributed by atoms with E-state index in [1.807, 2.05) is 32.1 Å². The van der Waals surface area contributed by atoms with Gasteiger partial charge in [-0.3, -0.25) is 0 Å². The van der Waals surface area contributed by atoms with Gasteiger partial charge in [-0.1, -0.05) is 23.4 Å². The number of nitrogens with zero attached hydrogens (tertiary/aromatic N) is 3. The number of nitrogen functional groups attached to an aromatic ring is 1. The van der Waals surface area contributed by atoms with Gasteiger partial charge in [0.15, 0.2) is 5.82 Å². The number of allylic oxidation sites excluding steroid dienone is 3. The number of nitrogens with one attached hydrogen (secondary N) is 1. The molecule has 180 valence electrons. The molecule has 2 fully saturated rings. The van der Waals surface area contributed by atoms with Gasteiger partial charge >= 0.3 is 6.03 Å². The third kappa shape index (κ3) is 4.40. The minimum Gasteiger partial charge on any atom is -0.489 e. The molecule has 3 aliphatic rings. The maximum atomic E-state index is 12.6. The predicted molar refractivity (Wildman–Crippen MR) is 127 cm³/mol. The van der Waals surface area contributed by atoms with Gasteiger partial charge in [-0.25, -0.2) is 4.79 Å². The summed E-state index contributed by atoms with van der Waals surface area (Å²) in [7, 11) is 0. The van der Waals surface area contributed by atoms with Crippen LogP contribution in [0.5, 0.6) is 5.75 Å². The molecule has 0 radical (unpaired) electrons. The van der Waals surface area contributed by atoms with E-state index in [1.54, 1.807) is 11.0 Å². The fraction of sp³-hybridized carbons (Fsp3) is 0.480. The summed E-state index contributed by atoms with van der Waals surface area (Å²) >= 11 is 0. The van der Waals surface area contributed by atoms with E-state index in [9.17, 15) is 9.90 Å². The summed E-state index contributed by atoms with van der Waals surface area (Å²) < 4.78 is 11.3. The van der Waals surface area contributed by atoms with Crippen molar-refractivity contribution in [3.05, 3.63) is 47.8 Å². The fourth-order valence-electron chi connectivity index (χ4n) is 5.10. The van der Waals surface area contributed by atoms with Crippen molar-refractivity contribution in [1.29, 1.82) is 0 Å². The predicted octanol–water partition coefficient (Wildman–Crippen LogP) is 3.24. The Bertz CT molecular complexity index is 1120. The number of nitrogens with two attached hydrogens (primary N) is 1. The van der Waals surface area contributed by atoms with Crippen LogP contribution in [0.4, 0.5) is 10.5 Å². The number of anilines is 1. The lowest BCUT2D eigenvalue weighted by molar-refractivity contribution is 0.171. The number of likely N-dealkylation sites (tertiary alicyclic amines) is 1. The SMILES string of the molecule is CC(C)Oc1ccc(-c2nc(C3C=CC=C4C3CC[C@@H]4NC(=O)N3CC[C@H](O)C3)no2)cc1N. The number of rotatable bonds is 5. The van der Waals surface area contributed by atoms with E-state index in [1.165, 1.54) is 5.57 Å². The van der Waals surface area contributed by atoms with Crippen LogP contribution in [0.25, 0.3) is 11.5 Å². The van der Waals surface area contributed by atoms with Crippen molar-refractivity contribution in [2.24, 2.45) is 5.92 Å². The maximum Gasteiger partial charge on any atom is 0.317 e. The van der Waals surface area contributed by atoms with Gasteiger partial charge in [0.2, 0.25) is 0 Å². The van der Waals surface area contributed by atoms with Crippen molar-refractivity contribution in [2.45, 2.75) is 57.3 Å². The second-order valence-corrected chi connectivity index (χ2v) is 9.53. The van der Waals surface area contributed by atoms with E-state index in [0.717, 1.165) is 18.4 Å². The van der Waals surface area contributed by atoms with Gasteiger partial charge in [-0.15, -0.1) is 0 Å². The topological polar surface area (TPSA) is 127 Å². The summed E-state index contributed by atoms with van der Waals surface area (Å²) in [5.74, 6) is 1.85. The number of fused-ring (bicyclic) bond motifs is 1. The molecular formula is C25H31N5O4. The fourth-order valence-corrected chi connectivity index (χ4v) is 5.10. The van der Waals surface area contributed by atoms with Gasteiger partial charge in [-0.2, -0.15) is 4.98 Å². The summed E-state index contributed by atoms with van der Waals surface area (Å²) in [6.45, 7) is 4.89.